The lowest BCUT2D eigenvalue weighted by atomic mass is 9.90. The molecule has 2 N–H and O–H groups in total. The van der Waals surface area contributed by atoms with Gasteiger partial charge in [0.2, 0.25) is 0 Å². The summed E-state index contributed by atoms with van der Waals surface area (Å²) in [6, 6.07) is 8.86. The number of hydrogen-bond acceptors (Lipinski definition) is 3. The highest BCUT2D eigenvalue weighted by Gasteiger charge is 2.28. The van der Waals surface area contributed by atoms with E-state index < -0.39 is 6.10 Å². The van der Waals surface area contributed by atoms with Crippen LogP contribution in [0.2, 0.25) is 0 Å². The molecule has 1 saturated carbocycles. The van der Waals surface area contributed by atoms with E-state index in [0.29, 0.717) is 6.04 Å². The van der Waals surface area contributed by atoms with E-state index in [0.717, 1.165) is 30.5 Å². The van der Waals surface area contributed by atoms with Crippen molar-refractivity contribution in [3.05, 3.63) is 35.5 Å². The lowest BCUT2D eigenvalue weighted by Gasteiger charge is -2.25. The summed E-state index contributed by atoms with van der Waals surface area (Å²) in [7, 11) is 0. The molecule has 3 nitrogen and oxygen atoms in total. The Balaban J connectivity index is 1.97. The second-order valence-electron chi connectivity index (χ2n) is 5.69. The molecule has 4 rings (SSSR count). The number of rotatable bonds is 2. The van der Waals surface area contributed by atoms with Crippen LogP contribution in [0.3, 0.4) is 0 Å². The molecule has 98 valence electrons. The molecular weight excluding hydrogens is 236 g/mol. The Hall–Kier alpha value is -1.61. The third kappa shape index (κ3) is 1.89. The lowest BCUT2D eigenvalue weighted by molar-refractivity contribution is 0.152. The molecule has 2 aliphatic rings. The molecule has 0 amide bonds. The van der Waals surface area contributed by atoms with Gasteiger partial charge in [-0.1, -0.05) is 18.2 Å². The summed E-state index contributed by atoms with van der Waals surface area (Å²) in [5.41, 5.74) is 4.35. The molecule has 0 radical (unpaired) electrons. The van der Waals surface area contributed by atoms with Crippen LogP contribution in [-0.2, 0) is 6.42 Å². The van der Waals surface area contributed by atoms with Crippen molar-refractivity contribution in [2.24, 2.45) is 0 Å². The van der Waals surface area contributed by atoms with Crippen LogP contribution in [0.4, 0.5) is 5.69 Å². The topological polar surface area (TPSA) is 45.2 Å². The molecular formula is C16H18N2O. The number of pyridine rings is 1. The van der Waals surface area contributed by atoms with Crippen molar-refractivity contribution in [1.29, 1.82) is 0 Å². The van der Waals surface area contributed by atoms with Crippen LogP contribution in [0.25, 0.3) is 10.9 Å². The molecule has 0 spiro atoms. The first-order chi connectivity index (χ1) is 9.33. The molecule has 0 aliphatic heterocycles. The van der Waals surface area contributed by atoms with Gasteiger partial charge in [0.05, 0.1) is 17.3 Å². The van der Waals surface area contributed by atoms with Crippen LogP contribution >= 0.6 is 0 Å². The van der Waals surface area contributed by atoms with Gasteiger partial charge in [0.1, 0.15) is 0 Å². The van der Waals surface area contributed by atoms with Crippen molar-refractivity contribution >= 4 is 16.6 Å². The molecule has 2 aliphatic carbocycles. The minimum Gasteiger partial charge on any atom is -0.387 e. The Bertz CT molecular complexity index is 634. The summed E-state index contributed by atoms with van der Waals surface area (Å²) in [5.74, 6) is 0. The predicted molar refractivity (Wildman–Crippen MR) is 76.3 cm³/mol. The van der Waals surface area contributed by atoms with E-state index in [1.54, 1.807) is 0 Å². The molecule has 3 heteroatoms. The quantitative estimate of drug-likeness (QED) is 0.865. The molecule has 1 heterocycles. The monoisotopic (exact) mass is 254 g/mol. The number of fused-ring (bicyclic) bond motifs is 2. The van der Waals surface area contributed by atoms with E-state index in [4.69, 9.17) is 4.98 Å². The van der Waals surface area contributed by atoms with Gasteiger partial charge in [0.15, 0.2) is 0 Å². The van der Waals surface area contributed by atoms with Crippen molar-refractivity contribution in [2.75, 3.05) is 5.32 Å². The zero-order chi connectivity index (χ0) is 12.8. The maximum Gasteiger partial charge on any atom is 0.0963 e. The van der Waals surface area contributed by atoms with E-state index in [-0.39, 0.29) is 0 Å². The number of aromatic nitrogens is 1. The summed E-state index contributed by atoms with van der Waals surface area (Å²) in [4.78, 5) is 4.70. The number of para-hydroxylation sites is 1. The Morgan fingerprint density at radius 3 is 2.84 bits per heavy atom. The Labute approximate surface area is 112 Å². The third-order valence-corrected chi connectivity index (χ3v) is 4.17. The molecule has 1 aromatic heterocycles. The first-order valence-corrected chi connectivity index (χ1v) is 7.19. The fourth-order valence-electron chi connectivity index (χ4n) is 3.00. The van der Waals surface area contributed by atoms with Crippen molar-refractivity contribution in [3.8, 4) is 0 Å². The second-order valence-corrected chi connectivity index (χ2v) is 5.69. The highest BCUT2D eigenvalue weighted by atomic mass is 16.3. The van der Waals surface area contributed by atoms with Gasteiger partial charge in [-0.15, -0.1) is 0 Å². The van der Waals surface area contributed by atoms with Crippen LogP contribution in [0.5, 0.6) is 0 Å². The van der Waals surface area contributed by atoms with Gasteiger partial charge in [-0.05, 0) is 38.2 Å². The minimum absolute atomic E-state index is 0.395. The van der Waals surface area contributed by atoms with E-state index >= 15 is 0 Å². The molecule has 1 unspecified atom stereocenters. The van der Waals surface area contributed by atoms with E-state index in [2.05, 4.69) is 17.4 Å². The van der Waals surface area contributed by atoms with Crippen molar-refractivity contribution < 1.29 is 5.11 Å². The molecule has 1 fully saturated rings. The standard InChI is InChI=1S/C16H18N2O/c19-14-7-3-5-12-15(17-10-8-9-10)11-4-1-2-6-13(11)18-16(12)14/h1-2,4,6,10,14,19H,3,5,7-9H2,(H,17,18). The first kappa shape index (κ1) is 11.2. The van der Waals surface area contributed by atoms with Gasteiger partial charge in [-0.3, -0.25) is 0 Å². The SMILES string of the molecule is OC1CCCc2c1nc1ccccc1c2NC1CC1. The van der Waals surface area contributed by atoms with Crippen LogP contribution in [0.1, 0.15) is 43.0 Å². The third-order valence-electron chi connectivity index (χ3n) is 4.17. The highest BCUT2D eigenvalue weighted by Crippen LogP contribution is 2.39. The van der Waals surface area contributed by atoms with Crippen molar-refractivity contribution in [2.45, 2.75) is 44.2 Å². The number of nitrogens with zero attached hydrogens (tertiary/aromatic N) is 1. The number of aliphatic hydroxyl groups is 1. The highest BCUT2D eigenvalue weighted by molar-refractivity contribution is 5.93. The first-order valence-electron chi connectivity index (χ1n) is 7.19. The van der Waals surface area contributed by atoms with E-state index in [1.807, 2.05) is 12.1 Å². The normalized spacial score (nSPS) is 22.3. The van der Waals surface area contributed by atoms with Gasteiger partial charge < -0.3 is 10.4 Å². The maximum atomic E-state index is 10.2. The largest absolute Gasteiger partial charge is 0.387 e. The summed E-state index contributed by atoms with van der Waals surface area (Å²) < 4.78 is 0. The molecule has 19 heavy (non-hydrogen) atoms. The Morgan fingerprint density at radius 2 is 2.00 bits per heavy atom. The summed E-state index contributed by atoms with van der Waals surface area (Å²) in [5, 5.41) is 15.1. The molecule has 0 saturated heterocycles. The lowest BCUT2D eigenvalue weighted by Crippen LogP contribution is -2.15. The van der Waals surface area contributed by atoms with Gasteiger partial charge in [0, 0.05) is 22.7 Å². The van der Waals surface area contributed by atoms with Gasteiger partial charge in [0.25, 0.3) is 0 Å². The minimum atomic E-state index is -0.395. The van der Waals surface area contributed by atoms with E-state index in [1.165, 1.54) is 29.5 Å². The van der Waals surface area contributed by atoms with Gasteiger partial charge in [-0.25, -0.2) is 4.98 Å². The number of hydrogen-bond donors (Lipinski definition) is 2. The number of aliphatic hydroxyl groups excluding tert-OH is 1. The summed E-state index contributed by atoms with van der Waals surface area (Å²) in [6.45, 7) is 0. The van der Waals surface area contributed by atoms with Crippen LogP contribution in [0, 0.1) is 0 Å². The average molecular weight is 254 g/mol. The smallest absolute Gasteiger partial charge is 0.0963 e. The fourth-order valence-corrected chi connectivity index (χ4v) is 3.00. The summed E-state index contributed by atoms with van der Waals surface area (Å²) >= 11 is 0. The summed E-state index contributed by atoms with van der Waals surface area (Å²) in [6.07, 6.45) is 5.03. The zero-order valence-electron chi connectivity index (χ0n) is 10.9. The van der Waals surface area contributed by atoms with Gasteiger partial charge in [-0.2, -0.15) is 0 Å². The molecule has 1 aromatic carbocycles. The molecule has 2 aromatic rings. The van der Waals surface area contributed by atoms with Crippen molar-refractivity contribution in [3.63, 3.8) is 0 Å². The van der Waals surface area contributed by atoms with Crippen molar-refractivity contribution in [1.82, 2.24) is 4.98 Å². The maximum absolute atomic E-state index is 10.2. The molecule has 0 bridgehead atoms. The zero-order valence-corrected chi connectivity index (χ0v) is 10.9. The Kier molecular flexibility index (Phi) is 2.49. The van der Waals surface area contributed by atoms with E-state index in [9.17, 15) is 5.11 Å². The second kappa shape index (κ2) is 4.20. The molecule has 1 atom stereocenters. The number of anilines is 1. The average Bonchev–Trinajstić information content (AvgIpc) is 3.24. The van der Waals surface area contributed by atoms with Crippen LogP contribution in [-0.4, -0.2) is 16.1 Å². The number of nitrogens with one attached hydrogen (secondary N) is 1. The number of benzene rings is 1. The van der Waals surface area contributed by atoms with Crippen LogP contribution in [0.15, 0.2) is 24.3 Å². The predicted octanol–water partition coefficient (Wildman–Crippen LogP) is 3.18. The fraction of sp³-hybridized carbons (Fsp3) is 0.438. The Morgan fingerprint density at radius 1 is 1.16 bits per heavy atom. The van der Waals surface area contributed by atoms with Gasteiger partial charge >= 0.3 is 0 Å². The van der Waals surface area contributed by atoms with Crippen LogP contribution < -0.4 is 5.32 Å².